The first-order chi connectivity index (χ1) is 7.38. The normalized spacial score (nSPS) is 11.5. The zero-order valence-electron chi connectivity index (χ0n) is 9.57. The van der Waals surface area contributed by atoms with Crippen molar-refractivity contribution in [3.63, 3.8) is 0 Å². The van der Waals surface area contributed by atoms with Crippen molar-refractivity contribution in [2.24, 2.45) is 5.16 Å². The van der Waals surface area contributed by atoms with Crippen molar-refractivity contribution in [3.05, 3.63) is 35.9 Å². The Bertz CT molecular complexity index is 293. The van der Waals surface area contributed by atoms with Gasteiger partial charge in [-0.15, -0.1) is 0 Å². The molecule has 0 aromatic heterocycles. The molecule has 1 rings (SSSR count). The summed E-state index contributed by atoms with van der Waals surface area (Å²) in [5.41, 5.74) is 2.21. The zero-order valence-corrected chi connectivity index (χ0v) is 9.57. The standard InChI is InChI=1S/C13H19NO/c1-3-4-6-11-13(14-15-2)12-9-7-5-8-10-12/h5,7-10H,3-4,6,11H2,1-2H3. The van der Waals surface area contributed by atoms with Crippen molar-refractivity contribution >= 4 is 5.71 Å². The lowest BCUT2D eigenvalue weighted by Gasteiger charge is -2.04. The highest BCUT2D eigenvalue weighted by Gasteiger charge is 2.02. The predicted molar refractivity (Wildman–Crippen MR) is 64.1 cm³/mol. The molecular formula is C13H19NO. The van der Waals surface area contributed by atoms with E-state index in [1.165, 1.54) is 19.3 Å². The first kappa shape index (κ1) is 11.8. The molecule has 0 saturated heterocycles. The van der Waals surface area contributed by atoms with E-state index < -0.39 is 0 Å². The quantitative estimate of drug-likeness (QED) is 0.395. The second-order valence-electron chi connectivity index (χ2n) is 3.54. The number of hydrogen-bond donors (Lipinski definition) is 0. The molecule has 82 valence electrons. The van der Waals surface area contributed by atoms with Gasteiger partial charge in [-0.25, -0.2) is 0 Å². The fourth-order valence-electron chi connectivity index (χ4n) is 1.53. The Kier molecular flexibility index (Phi) is 5.52. The molecule has 1 aromatic carbocycles. The summed E-state index contributed by atoms with van der Waals surface area (Å²) in [6.07, 6.45) is 4.64. The Balaban J connectivity index is 2.63. The highest BCUT2D eigenvalue weighted by molar-refractivity contribution is 6.00. The van der Waals surface area contributed by atoms with Crippen molar-refractivity contribution in [2.45, 2.75) is 32.6 Å². The highest BCUT2D eigenvalue weighted by Crippen LogP contribution is 2.09. The van der Waals surface area contributed by atoms with Crippen LogP contribution in [0.3, 0.4) is 0 Å². The molecule has 0 unspecified atom stereocenters. The van der Waals surface area contributed by atoms with Gasteiger partial charge in [-0.05, 0) is 18.4 Å². The van der Waals surface area contributed by atoms with Crippen LogP contribution >= 0.6 is 0 Å². The fraction of sp³-hybridized carbons (Fsp3) is 0.462. The molecule has 0 radical (unpaired) electrons. The molecule has 1 aromatic rings. The second-order valence-corrected chi connectivity index (χ2v) is 3.54. The van der Waals surface area contributed by atoms with Gasteiger partial charge in [0.15, 0.2) is 0 Å². The zero-order chi connectivity index (χ0) is 10.9. The third-order valence-corrected chi connectivity index (χ3v) is 2.33. The lowest BCUT2D eigenvalue weighted by molar-refractivity contribution is 0.212. The minimum atomic E-state index is 0.992. The van der Waals surface area contributed by atoms with E-state index in [0.717, 1.165) is 17.7 Å². The van der Waals surface area contributed by atoms with Crippen LogP contribution in [0.2, 0.25) is 0 Å². The summed E-state index contributed by atoms with van der Waals surface area (Å²) in [6, 6.07) is 10.2. The van der Waals surface area contributed by atoms with Crippen LogP contribution in [0.1, 0.15) is 38.2 Å². The van der Waals surface area contributed by atoms with E-state index in [4.69, 9.17) is 4.84 Å². The summed E-state index contributed by atoms with van der Waals surface area (Å²) >= 11 is 0. The van der Waals surface area contributed by atoms with Crippen LogP contribution in [-0.2, 0) is 4.84 Å². The van der Waals surface area contributed by atoms with E-state index in [2.05, 4.69) is 24.2 Å². The van der Waals surface area contributed by atoms with Crippen LogP contribution in [0.5, 0.6) is 0 Å². The van der Waals surface area contributed by atoms with E-state index in [1.54, 1.807) is 7.11 Å². The number of oxime groups is 1. The van der Waals surface area contributed by atoms with Crippen LogP contribution in [0.4, 0.5) is 0 Å². The lowest BCUT2D eigenvalue weighted by atomic mass is 10.0. The maximum Gasteiger partial charge on any atom is 0.106 e. The summed E-state index contributed by atoms with van der Waals surface area (Å²) in [6.45, 7) is 2.20. The molecule has 0 amide bonds. The predicted octanol–water partition coefficient (Wildman–Crippen LogP) is 3.62. The number of benzene rings is 1. The van der Waals surface area contributed by atoms with E-state index in [-0.39, 0.29) is 0 Å². The monoisotopic (exact) mass is 205 g/mol. The molecule has 15 heavy (non-hydrogen) atoms. The Labute approximate surface area is 91.9 Å². The topological polar surface area (TPSA) is 21.6 Å². The van der Waals surface area contributed by atoms with Crippen molar-refractivity contribution in [2.75, 3.05) is 7.11 Å². The van der Waals surface area contributed by atoms with E-state index in [1.807, 2.05) is 18.2 Å². The Hall–Kier alpha value is -1.31. The van der Waals surface area contributed by atoms with E-state index in [0.29, 0.717) is 0 Å². The van der Waals surface area contributed by atoms with Crippen molar-refractivity contribution in [1.29, 1.82) is 0 Å². The summed E-state index contributed by atoms with van der Waals surface area (Å²) in [4.78, 5) is 4.88. The van der Waals surface area contributed by atoms with E-state index >= 15 is 0 Å². The molecule has 0 spiro atoms. The van der Waals surface area contributed by atoms with Gasteiger partial charge < -0.3 is 4.84 Å². The van der Waals surface area contributed by atoms with Gasteiger partial charge in [-0.2, -0.15) is 0 Å². The Morgan fingerprint density at radius 1 is 1.20 bits per heavy atom. The molecule has 2 nitrogen and oxygen atoms in total. The third-order valence-electron chi connectivity index (χ3n) is 2.33. The molecule has 0 saturated carbocycles. The minimum Gasteiger partial charge on any atom is -0.399 e. The van der Waals surface area contributed by atoms with Gasteiger partial charge in [-0.1, -0.05) is 55.3 Å². The molecule has 0 aliphatic rings. The average Bonchev–Trinajstić information content (AvgIpc) is 2.29. The number of hydrogen-bond acceptors (Lipinski definition) is 2. The van der Waals surface area contributed by atoms with Gasteiger partial charge in [0.25, 0.3) is 0 Å². The Morgan fingerprint density at radius 3 is 2.53 bits per heavy atom. The van der Waals surface area contributed by atoms with Crippen LogP contribution < -0.4 is 0 Å². The molecule has 2 heteroatoms. The van der Waals surface area contributed by atoms with E-state index in [9.17, 15) is 0 Å². The second kappa shape index (κ2) is 7.04. The molecule has 0 fully saturated rings. The third kappa shape index (κ3) is 4.15. The molecule has 0 bridgehead atoms. The van der Waals surface area contributed by atoms with Crippen molar-refractivity contribution < 1.29 is 4.84 Å². The summed E-state index contributed by atoms with van der Waals surface area (Å²) in [5.74, 6) is 0. The highest BCUT2D eigenvalue weighted by atomic mass is 16.6. The molecule has 0 aliphatic carbocycles. The van der Waals surface area contributed by atoms with Gasteiger partial charge in [0.2, 0.25) is 0 Å². The molecule has 0 atom stereocenters. The maximum absolute atomic E-state index is 4.88. The molecule has 0 heterocycles. The average molecular weight is 205 g/mol. The molecular weight excluding hydrogens is 186 g/mol. The minimum absolute atomic E-state index is 0.992. The first-order valence-corrected chi connectivity index (χ1v) is 5.54. The fourth-order valence-corrected chi connectivity index (χ4v) is 1.53. The Morgan fingerprint density at radius 2 is 1.93 bits per heavy atom. The van der Waals surface area contributed by atoms with Gasteiger partial charge in [0.05, 0.1) is 5.71 Å². The van der Waals surface area contributed by atoms with Crippen LogP contribution in [0.25, 0.3) is 0 Å². The van der Waals surface area contributed by atoms with Gasteiger partial charge >= 0.3 is 0 Å². The van der Waals surface area contributed by atoms with Gasteiger partial charge in [0.1, 0.15) is 7.11 Å². The number of rotatable bonds is 6. The van der Waals surface area contributed by atoms with Gasteiger partial charge in [0, 0.05) is 0 Å². The van der Waals surface area contributed by atoms with Crippen molar-refractivity contribution in [3.8, 4) is 0 Å². The smallest absolute Gasteiger partial charge is 0.106 e. The summed E-state index contributed by atoms with van der Waals surface area (Å²) in [7, 11) is 1.60. The number of nitrogens with zero attached hydrogens (tertiary/aromatic N) is 1. The molecule has 0 aliphatic heterocycles. The van der Waals surface area contributed by atoms with Crippen LogP contribution in [0, 0.1) is 0 Å². The number of unbranched alkanes of at least 4 members (excludes halogenated alkanes) is 2. The first-order valence-electron chi connectivity index (χ1n) is 5.54. The maximum atomic E-state index is 4.88. The summed E-state index contributed by atoms with van der Waals surface area (Å²) in [5, 5.41) is 4.08. The van der Waals surface area contributed by atoms with Crippen molar-refractivity contribution in [1.82, 2.24) is 0 Å². The van der Waals surface area contributed by atoms with Crippen LogP contribution in [0.15, 0.2) is 35.5 Å². The SMILES string of the molecule is CCCCCC(=NOC)c1ccccc1. The van der Waals surface area contributed by atoms with Crippen LogP contribution in [-0.4, -0.2) is 12.8 Å². The molecule has 0 N–H and O–H groups in total. The summed E-state index contributed by atoms with van der Waals surface area (Å²) < 4.78 is 0. The largest absolute Gasteiger partial charge is 0.399 e. The van der Waals surface area contributed by atoms with Gasteiger partial charge in [-0.3, -0.25) is 0 Å². The lowest BCUT2D eigenvalue weighted by Crippen LogP contribution is -2.01.